The number of anilines is 2. The van der Waals surface area contributed by atoms with E-state index in [1.165, 1.54) is 12.1 Å². The molecule has 0 unspecified atom stereocenters. The summed E-state index contributed by atoms with van der Waals surface area (Å²) >= 11 is 0. The standard InChI is InChI=1S/C23H21N3O5/c1-24-20-12-11-18(14-21(20)26(29)30)23(28)31-15-22(27)25-19-10-6-5-9-17(19)13-16-7-3-2-4-8-16/h2-12,14,24H,13,15H2,1H3,(H,25,27). The van der Waals surface area contributed by atoms with E-state index in [-0.39, 0.29) is 16.9 Å². The predicted octanol–water partition coefficient (Wildman–Crippen LogP) is 4.02. The van der Waals surface area contributed by atoms with Gasteiger partial charge in [-0.1, -0.05) is 48.5 Å². The number of para-hydroxylation sites is 1. The van der Waals surface area contributed by atoms with E-state index >= 15 is 0 Å². The van der Waals surface area contributed by atoms with Crippen LogP contribution >= 0.6 is 0 Å². The Balaban J connectivity index is 1.63. The van der Waals surface area contributed by atoms with Crippen LogP contribution < -0.4 is 10.6 Å². The number of carbonyl (C=O) groups excluding carboxylic acids is 2. The first-order valence-corrected chi connectivity index (χ1v) is 9.53. The molecule has 0 aliphatic carbocycles. The molecule has 0 bridgehead atoms. The van der Waals surface area contributed by atoms with E-state index < -0.39 is 23.4 Å². The van der Waals surface area contributed by atoms with Crippen LogP contribution in [0.4, 0.5) is 17.1 Å². The fraction of sp³-hybridized carbons (Fsp3) is 0.130. The lowest BCUT2D eigenvalue weighted by atomic mass is 10.0. The minimum atomic E-state index is -0.821. The van der Waals surface area contributed by atoms with Crippen LogP contribution in [-0.4, -0.2) is 30.5 Å². The maximum absolute atomic E-state index is 12.3. The first kappa shape index (κ1) is 21.5. The Morgan fingerprint density at radius 1 is 0.968 bits per heavy atom. The number of nitro benzene ring substituents is 1. The molecule has 3 aromatic carbocycles. The van der Waals surface area contributed by atoms with Gasteiger partial charge in [-0.05, 0) is 35.7 Å². The second-order valence-corrected chi connectivity index (χ2v) is 6.68. The van der Waals surface area contributed by atoms with Crippen molar-refractivity contribution in [2.75, 3.05) is 24.3 Å². The average molecular weight is 419 g/mol. The molecule has 31 heavy (non-hydrogen) atoms. The molecule has 1 amide bonds. The van der Waals surface area contributed by atoms with Gasteiger partial charge in [0.1, 0.15) is 5.69 Å². The van der Waals surface area contributed by atoms with Gasteiger partial charge < -0.3 is 15.4 Å². The molecule has 0 radical (unpaired) electrons. The molecule has 0 aromatic heterocycles. The summed E-state index contributed by atoms with van der Waals surface area (Å²) in [6.45, 7) is -0.514. The fourth-order valence-electron chi connectivity index (χ4n) is 3.03. The first-order valence-electron chi connectivity index (χ1n) is 9.53. The molecule has 3 aromatic rings. The van der Waals surface area contributed by atoms with E-state index in [1.54, 1.807) is 19.2 Å². The molecule has 0 heterocycles. The zero-order chi connectivity index (χ0) is 22.2. The van der Waals surface area contributed by atoms with Crippen LogP contribution in [0.5, 0.6) is 0 Å². The van der Waals surface area contributed by atoms with Crippen molar-refractivity contribution >= 4 is 28.9 Å². The van der Waals surface area contributed by atoms with Gasteiger partial charge >= 0.3 is 5.97 Å². The number of hydrogen-bond donors (Lipinski definition) is 2. The molecular formula is C23H21N3O5. The van der Waals surface area contributed by atoms with E-state index in [1.807, 2.05) is 42.5 Å². The largest absolute Gasteiger partial charge is 0.452 e. The van der Waals surface area contributed by atoms with Crippen molar-refractivity contribution in [3.63, 3.8) is 0 Å². The molecule has 2 N–H and O–H groups in total. The summed E-state index contributed by atoms with van der Waals surface area (Å²) < 4.78 is 5.03. The smallest absolute Gasteiger partial charge is 0.338 e. The van der Waals surface area contributed by atoms with Crippen molar-refractivity contribution in [1.29, 1.82) is 0 Å². The average Bonchev–Trinajstić information content (AvgIpc) is 2.79. The highest BCUT2D eigenvalue weighted by molar-refractivity contribution is 5.96. The molecule has 158 valence electrons. The van der Waals surface area contributed by atoms with E-state index in [0.717, 1.165) is 17.2 Å². The predicted molar refractivity (Wildman–Crippen MR) is 117 cm³/mol. The van der Waals surface area contributed by atoms with Gasteiger partial charge in [0.15, 0.2) is 6.61 Å². The normalized spacial score (nSPS) is 10.2. The van der Waals surface area contributed by atoms with Crippen LogP contribution in [0.1, 0.15) is 21.5 Å². The molecule has 8 heteroatoms. The Kier molecular flexibility index (Phi) is 6.95. The quantitative estimate of drug-likeness (QED) is 0.324. The number of nitrogens with zero attached hydrogens (tertiary/aromatic N) is 1. The summed E-state index contributed by atoms with van der Waals surface area (Å²) in [4.78, 5) is 35.1. The molecule has 0 fully saturated rings. The molecule has 0 saturated carbocycles. The zero-order valence-electron chi connectivity index (χ0n) is 16.8. The molecule has 0 spiro atoms. The highest BCUT2D eigenvalue weighted by Crippen LogP contribution is 2.25. The highest BCUT2D eigenvalue weighted by atomic mass is 16.6. The third-order valence-electron chi connectivity index (χ3n) is 4.56. The summed E-state index contributed by atoms with van der Waals surface area (Å²) in [5.41, 5.74) is 2.66. The lowest BCUT2D eigenvalue weighted by Crippen LogP contribution is -2.21. The lowest BCUT2D eigenvalue weighted by Gasteiger charge is -2.12. The van der Waals surface area contributed by atoms with Gasteiger partial charge in [0.2, 0.25) is 0 Å². The highest BCUT2D eigenvalue weighted by Gasteiger charge is 2.18. The number of hydrogen-bond acceptors (Lipinski definition) is 6. The van der Waals surface area contributed by atoms with E-state index in [4.69, 9.17) is 4.74 Å². The lowest BCUT2D eigenvalue weighted by molar-refractivity contribution is -0.384. The topological polar surface area (TPSA) is 111 Å². The number of nitro groups is 1. The summed E-state index contributed by atoms with van der Waals surface area (Å²) in [6.07, 6.45) is 0.637. The summed E-state index contributed by atoms with van der Waals surface area (Å²) in [7, 11) is 1.54. The number of nitrogens with one attached hydrogen (secondary N) is 2. The summed E-state index contributed by atoms with van der Waals surface area (Å²) in [6, 6.07) is 21.1. The van der Waals surface area contributed by atoms with Crippen molar-refractivity contribution in [2.45, 2.75) is 6.42 Å². The summed E-state index contributed by atoms with van der Waals surface area (Å²) in [5.74, 6) is -1.33. The van der Waals surface area contributed by atoms with Gasteiger partial charge in [0.05, 0.1) is 10.5 Å². The van der Waals surface area contributed by atoms with Crippen LogP contribution in [0.25, 0.3) is 0 Å². The maximum Gasteiger partial charge on any atom is 0.338 e. The van der Waals surface area contributed by atoms with Crippen LogP contribution in [0.3, 0.4) is 0 Å². The number of amides is 1. The van der Waals surface area contributed by atoms with Crippen molar-refractivity contribution in [1.82, 2.24) is 0 Å². The van der Waals surface area contributed by atoms with Crippen molar-refractivity contribution in [3.8, 4) is 0 Å². The second-order valence-electron chi connectivity index (χ2n) is 6.68. The van der Waals surface area contributed by atoms with Gasteiger partial charge in [-0.3, -0.25) is 14.9 Å². The number of carbonyl (C=O) groups is 2. The van der Waals surface area contributed by atoms with Gasteiger partial charge in [-0.2, -0.15) is 0 Å². The van der Waals surface area contributed by atoms with Crippen LogP contribution in [0.2, 0.25) is 0 Å². The summed E-state index contributed by atoms with van der Waals surface area (Å²) in [5, 5.41) is 16.6. The monoisotopic (exact) mass is 419 g/mol. The van der Waals surface area contributed by atoms with Crippen molar-refractivity contribution < 1.29 is 19.2 Å². The first-order chi connectivity index (χ1) is 15.0. The Labute approximate surface area is 179 Å². The molecule has 0 saturated heterocycles. The Bertz CT molecular complexity index is 1100. The molecular weight excluding hydrogens is 398 g/mol. The molecule has 0 aliphatic heterocycles. The second kappa shape index (κ2) is 10.0. The van der Waals surface area contributed by atoms with Gasteiger partial charge in [-0.25, -0.2) is 4.79 Å². The third-order valence-corrected chi connectivity index (χ3v) is 4.56. The van der Waals surface area contributed by atoms with E-state index in [9.17, 15) is 19.7 Å². The Morgan fingerprint density at radius 3 is 2.39 bits per heavy atom. The minimum Gasteiger partial charge on any atom is -0.452 e. The number of esters is 1. The van der Waals surface area contributed by atoms with Gasteiger partial charge in [0, 0.05) is 18.8 Å². The molecule has 3 rings (SSSR count). The Hall–Kier alpha value is -4.20. The van der Waals surface area contributed by atoms with Crippen molar-refractivity contribution in [3.05, 3.63) is 99.6 Å². The van der Waals surface area contributed by atoms with E-state index in [2.05, 4.69) is 10.6 Å². The SMILES string of the molecule is CNc1ccc(C(=O)OCC(=O)Nc2ccccc2Cc2ccccc2)cc1[N+](=O)[O-]. The van der Waals surface area contributed by atoms with Gasteiger partial charge in [0.25, 0.3) is 11.6 Å². The number of rotatable bonds is 8. The van der Waals surface area contributed by atoms with Gasteiger partial charge in [-0.15, -0.1) is 0 Å². The van der Waals surface area contributed by atoms with Crippen LogP contribution in [0.15, 0.2) is 72.8 Å². The van der Waals surface area contributed by atoms with E-state index in [0.29, 0.717) is 12.1 Å². The molecule has 0 aliphatic rings. The molecule has 0 atom stereocenters. The zero-order valence-corrected chi connectivity index (χ0v) is 16.8. The Morgan fingerprint density at radius 2 is 1.68 bits per heavy atom. The number of ether oxygens (including phenoxy) is 1. The number of benzene rings is 3. The van der Waals surface area contributed by atoms with Crippen LogP contribution in [-0.2, 0) is 16.0 Å². The van der Waals surface area contributed by atoms with Crippen LogP contribution in [0, 0.1) is 10.1 Å². The van der Waals surface area contributed by atoms with Crippen molar-refractivity contribution in [2.24, 2.45) is 0 Å². The maximum atomic E-state index is 12.3. The molecule has 8 nitrogen and oxygen atoms in total. The minimum absolute atomic E-state index is 0.0111. The third kappa shape index (κ3) is 5.66. The fourth-order valence-corrected chi connectivity index (χ4v) is 3.03.